The maximum absolute atomic E-state index is 11.5. The fourth-order valence-corrected chi connectivity index (χ4v) is 2.61. The number of likely N-dealkylation sites (N-methyl/N-ethyl adjacent to an activating group) is 1. The van der Waals surface area contributed by atoms with Crippen LogP contribution in [0.15, 0.2) is 0 Å². The molecule has 1 fully saturated rings. The molecule has 0 aromatic carbocycles. The molecule has 1 heterocycles. The molecular formula is C12H24N2O2. The zero-order chi connectivity index (χ0) is 12.2. The molecule has 0 aliphatic carbocycles. The molecule has 0 spiro atoms. The van der Waals surface area contributed by atoms with Gasteiger partial charge in [0.15, 0.2) is 0 Å². The van der Waals surface area contributed by atoms with E-state index in [0.29, 0.717) is 12.8 Å². The molecule has 0 radical (unpaired) electrons. The van der Waals surface area contributed by atoms with Crippen LogP contribution in [-0.4, -0.2) is 59.6 Å². The van der Waals surface area contributed by atoms with Crippen molar-refractivity contribution in [2.75, 3.05) is 33.2 Å². The summed E-state index contributed by atoms with van der Waals surface area (Å²) in [5.74, 6) is -0.665. The molecule has 1 rings (SSSR count). The van der Waals surface area contributed by atoms with Crippen LogP contribution in [0.4, 0.5) is 0 Å². The van der Waals surface area contributed by atoms with Gasteiger partial charge in [0, 0.05) is 19.6 Å². The number of hydrogen-bond donors (Lipinski definition) is 1. The van der Waals surface area contributed by atoms with Crippen LogP contribution in [0.2, 0.25) is 0 Å². The van der Waals surface area contributed by atoms with E-state index in [2.05, 4.69) is 16.8 Å². The summed E-state index contributed by atoms with van der Waals surface area (Å²) < 4.78 is 0. The van der Waals surface area contributed by atoms with Crippen molar-refractivity contribution in [2.45, 2.75) is 38.6 Å². The van der Waals surface area contributed by atoms with E-state index in [1.807, 2.05) is 13.8 Å². The van der Waals surface area contributed by atoms with Crippen LogP contribution in [0.1, 0.15) is 33.1 Å². The van der Waals surface area contributed by atoms with Crippen molar-refractivity contribution in [3.05, 3.63) is 0 Å². The van der Waals surface area contributed by atoms with Crippen molar-refractivity contribution >= 4 is 5.97 Å². The van der Waals surface area contributed by atoms with E-state index in [9.17, 15) is 9.90 Å². The van der Waals surface area contributed by atoms with Gasteiger partial charge in [-0.2, -0.15) is 0 Å². The number of nitrogens with zero attached hydrogens (tertiary/aromatic N) is 2. The first kappa shape index (κ1) is 13.5. The number of aliphatic carboxylic acids is 1. The van der Waals surface area contributed by atoms with Gasteiger partial charge in [-0.3, -0.25) is 9.69 Å². The molecule has 0 bridgehead atoms. The van der Waals surface area contributed by atoms with Gasteiger partial charge >= 0.3 is 5.97 Å². The van der Waals surface area contributed by atoms with E-state index >= 15 is 0 Å². The van der Waals surface area contributed by atoms with Crippen LogP contribution in [0.25, 0.3) is 0 Å². The Morgan fingerprint density at radius 2 is 1.81 bits per heavy atom. The largest absolute Gasteiger partial charge is 0.480 e. The second kappa shape index (κ2) is 5.64. The first-order valence-corrected chi connectivity index (χ1v) is 6.23. The molecule has 0 saturated carbocycles. The summed E-state index contributed by atoms with van der Waals surface area (Å²) in [7, 11) is 2.10. The van der Waals surface area contributed by atoms with Crippen molar-refractivity contribution in [1.82, 2.24) is 9.80 Å². The lowest BCUT2D eigenvalue weighted by Gasteiger charge is -2.39. The van der Waals surface area contributed by atoms with Crippen LogP contribution in [0.5, 0.6) is 0 Å². The predicted octanol–water partition coefficient (Wildman–Crippen LogP) is 1.27. The second-order valence-electron chi connectivity index (χ2n) is 4.69. The number of hydrogen-bond acceptors (Lipinski definition) is 3. The number of carboxylic acid groups (broad SMARTS) is 1. The van der Waals surface area contributed by atoms with Crippen molar-refractivity contribution in [2.24, 2.45) is 0 Å². The van der Waals surface area contributed by atoms with Crippen LogP contribution >= 0.6 is 0 Å². The average Bonchev–Trinajstić information content (AvgIpc) is 2.46. The third-order valence-electron chi connectivity index (χ3n) is 3.89. The summed E-state index contributed by atoms with van der Waals surface area (Å²) in [6, 6.07) is 0. The van der Waals surface area contributed by atoms with E-state index in [4.69, 9.17) is 0 Å². The Bertz CT molecular complexity index is 239. The standard InChI is InChI=1S/C12H24N2O2/c1-4-12(5-2,11(15)16)14-8-6-7-13(3)9-10-14/h4-10H2,1-3H3,(H,15,16). The Morgan fingerprint density at radius 1 is 1.19 bits per heavy atom. The minimum Gasteiger partial charge on any atom is -0.480 e. The van der Waals surface area contributed by atoms with E-state index in [0.717, 1.165) is 32.6 Å². The lowest BCUT2D eigenvalue weighted by Crippen LogP contribution is -2.55. The molecule has 1 N–H and O–H groups in total. The quantitative estimate of drug-likeness (QED) is 0.787. The van der Waals surface area contributed by atoms with Crippen LogP contribution in [0, 0.1) is 0 Å². The van der Waals surface area contributed by atoms with Crippen molar-refractivity contribution < 1.29 is 9.90 Å². The third kappa shape index (κ3) is 2.55. The molecule has 0 amide bonds. The zero-order valence-corrected chi connectivity index (χ0v) is 10.7. The molecule has 4 nitrogen and oxygen atoms in total. The number of rotatable bonds is 4. The summed E-state index contributed by atoms with van der Waals surface area (Å²) >= 11 is 0. The van der Waals surface area contributed by atoms with Crippen LogP contribution < -0.4 is 0 Å². The highest BCUT2D eigenvalue weighted by molar-refractivity contribution is 5.78. The van der Waals surface area contributed by atoms with Crippen molar-refractivity contribution in [3.63, 3.8) is 0 Å². The molecule has 16 heavy (non-hydrogen) atoms. The molecule has 1 aliphatic rings. The molecule has 0 atom stereocenters. The third-order valence-corrected chi connectivity index (χ3v) is 3.89. The lowest BCUT2D eigenvalue weighted by molar-refractivity contribution is -0.152. The van der Waals surface area contributed by atoms with Gasteiger partial charge in [-0.05, 0) is 32.9 Å². The van der Waals surface area contributed by atoms with Gasteiger partial charge in [0.1, 0.15) is 5.54 Å². The highest BCUT2D eigenvalue weighted by Gasteiger charge is 2.41. The predicted molar refractivity (Wildman–Crippen MR) is 64.6 cm³/mol. The minimum atomic E-state index is -0.665. The lowest BCUT2D eigenvalue weighted by atomic mass is 9.90. The van der Waals surface area contributed by atoms with E-state index in [-0.39, 0.29) is 0 Å². The summed E-state index contributed by atoms with van der Waals surface area (Å²) in [6.45, 7) is 7.76. The average molecular weight is 228 g/mol. The van der Waals surface area contributed by atoms with Crippen molar-refractivity contribution in [1.29, 1.82) is 0 Å². The van der Waals surface area contributed by atoms with Gasteiger partial charge in [-0.15, -0.1) is 0 Å². The Morgan fingerprint density at radius 3 is 2.31 bits per heavy atom. The van der Waals surface area contributed by atoms with E-state index < -0.39 is 11.5 Å². The molecule has 94 valence electrons. The summed E-state index contributed by atoms with van der Waals surface area (Å²) in [4.78, 5) is 16.0. The summed E-state index contributed by atoms with van der Waals surface area (Å²) in [5.41, 5.74) is -0.648. The van der Waals surface area contributed by atoms with Gasteiger partial charge in [-0.1, -0.05) is 13.8 Å². The fourth-order valence-electron chi connectivity index (χ4n) is 2.61. The first-order valence-electron chi connectivity index (χ1n) is 6.23. The highest BCUT2D eigenvalue weighted by Crippen LogP contribution is 2.25. The Kier molecular flexibility index (Phi) is 4.74. The van der Waals surface area contributed by atoms with E-state index in [1.165, 1.54) is 0 Å². The Hall–Kier alpha value is -0.610. The van der Waals surface area contributed by atoms with Gasteiger partial charge < -0.3 is 10.0 Å². The number of carbonyl (C=O) groups is 1. The molecule has 4 heteroatoms. The minimum absolute atomic E-state index is 0.648. The fraction of sp³-hybridized carbons (Fsp3) is 0.917. The van der Waals surface area contributed by atoms with Crippen LogP contribution in [0.3, 0.4) is 0 Å². The second-order valence-corrected chi connectivity index (χ2v) is 4.69. The van der Waals surface area contributed by atoms with Gasteiger partial charge in [-0.25, -0.2) is 0 Å². The maximum atomic E-state index is 11.5. The molecule has 1 aliphatic heterocycles. The zero-order valence-electron chi connectivity index (χ0n) is 10.7. The van der Waals surface area contributed by atoms with Gasteiger partial charge in [0.25, 0.3) is 0 Å². The van der Waals surface area contributed by atoms with E-state index in [1.54, 1.807) is 0 Å². The SMILES string of the molecule is CCC(CC)(C(=O)O)N1CCCN(C)CC1. The highest BCUT2D eigenvalue weighted by atomic mass is 16.4. The summed E-state index contributed by atoms with van der Waals surface area (Å²) in [5, 5.41) is 9.48. The normalized spacial score (nSPS) is 20.7. The molecule has 1 saturated heterocycles. The van der Waals surface area contributed by atoms with Crippen molar-refractivity contribution in [3.8, 4) is 0 Å². The molecule has 0 aromatic heterocycles. The molecule has 0 aromatic rings. The Labute approximate surface area is 98.2 Å². The monoisotopic (exact) mass is 228 g/mol. The summed E-state index contributed by atoms with van der Waals surface area (Å²) in [6.07, 6.45) is 2.43. The van der Waals surface area contributed by atoms with Crippen LogP contribution in [-0.2, 0) is 4.79 Å². The van der Waals surface area contributed by atoms with Gasteiger partial charge in [0.2, 0.25) is 0 Å². The smallest absolute Gasteiger partial charge is 0.324 e. The molecule has 0 unspecified atom stereocenters. The number of carboxylic acids is 1. The topological polar surface area (TPSA) is 43.8 Å². The maximum Gasteiger partial charge on any atom is 0.324 e. The molecular weight excluding hydrogens is 204 g/mol. The Balaban J connectivity index is 2.81. The van der Waals surface area contributed by atoms with Gasteiger partial charge in [0.05, 0.1) is 0 Å². The first-order chi connectivity index (χ1) is 7.56.